The molecule has 3 heterocycles. The van der Waals surface area contributed by atoms with Crippen molar-refractivity contribution in [3.8, 4) is 16.9 Å². The molecule has 1 aliphatic heterocycles. The highest BCUT2D eigenvalue weighted by atomic mass is 16.5. The van der Waals surface area contributed by atoms with Crippen LogP contribution in [0.1, 0.15) is 28.8 Å². The van der Waals surface area contributed by atoms with Crippen molar-refractivity contribution in [2.24, 2.45) is 5.73 Å². The number of rotatable bonds is 8. The van der Waals surface area contributed by atoms with E-state index in [2.05, 4.69) is 108 Å². The predicted molar refractivity (Wildman–Crippen MR) is 204 cm³/mol. The zero-order chi connectivity index (χ0) is 33.9. The van der Waals surface area contributed by atoms with E-state index in [1.165, 1.54) is 5.56 Å². The second kappa shape index (κ2) is 12.1. The number of ether oxygens (including phenoxy) is 1. The van der Waals surface area contributed by atoms with Crippen molar-refractivity contribution in [2.75, 3.05) is 0 Å². The molecule has 4 unspecified atom stereocenters. The standard InChI is InChI=1S/C45H35N3O3/c46-44(27-11-2-1-3-12-27)48-45(47-26-29-13-8-21-39-41(29)32-14-4-6-19-36(32)49-39)34-18-9-17-31-35-25-28(23-24-38(35)51-43(31)34)30-16-10-22-40-42(30)33-15-5-7-20-37(33)50-40/h1-25,31,43-45,47-48H,26,46H2. The normalized spacial score (nSPS) is 17.8. The number of hydrogen-bond acceptors (Lipinski definition) is 6. The Balaban J connectivity index is 0.996. The zero-order valence-corrected chi connectivity index (χ0v) is 27.8. The van der Waals surface area contributed by atoms with Gasteiger partial charge in [0.25, 0.3) is 0 Å². The first-order valence-electron chi connectivity index (χ1n) is 17.5. The lowest BCUT2D eigenvalue weighted by Crippen LogP contribution is -2.50. The Morgan fingerprint density at radius 1 is 0.667 bits per heavy atom. The molecule has 6 nitrogen and oxygen atoms in total. The molecular formula is C45H35N3O3. The van der Waals surface area contributed by atoms with E-state index in [0.29, 0.717) is 6.54 Å². The monoisotopic (exact) mass is 665 g/mol. The van der Waals surface area contributed by atoms with Gasteiger partial charge in [0.2, 0.25) is 0 Å². The summed E-state index contributed by atoms with van der Waals surface area (Å²) in [5.74, 6) is 0.941. The van der Waals surface area contributed by atoms with Crippen LogP contribution >= 0.6 is 0 Å². The van der Waals surface area contributed by atoms with Crippen LogP contribution in [0.4, 0.5) is 0 Å². The van der Waals surface area contributed by atoms with Crippen molar-refractivity contribution >= 4 is 43.9 Å². The van der Waals surface area contributed by atoms with E-state index in [1.807, 2.05) is 54.6 Å². The Labute approximate surface area is 294 Å². The summed E-state index contributed by atoms with van der Waals surface area (Å²) in [4.78, 5) is 0. The van der Waals surface area contributed by atoms with Gasteiger partial charge in [-0.3, -0.25) is 10.6 Å². The molecule has 4 atom stereocenters. The number of benzene rings is 6. The lowest BCUT2D eigenvalue weighted by Gasteiger charge is -2.32. The van der Waals surface area contributed by atoms with Crippen LogP contribution in [0.25, 0.3) is 55.0 Å². The molecule has 0 fully saturated rings. The second-order valence-electron chi connectivity index (χ2n) is 13.4. The Morgan fingerprint density at radius 2 is 1.35 bits per heavy atom. The molecule has 51 heavy (non-hydrogen) atoms. The third-order valence-corrected chi connectivity index (χ3v) is 10.4. The third-order valence-electron chi connectivity index (χ3n) is 10.4. The molecule has 6 aromatic carbocycles. The maximum Gasteiger partial charge on any atom is 0.136 e. The highest BCUT2D eigenvalue weighted by Gasteiger charge is 2.40. The number of furan rings is 2. The van der Waals surface area contributed by atoms with E-state index in [1.54, 1.807) is 0 Å². The van der Waals surface area contributed by atoms with Gasteiger partial charge in [-0.25, -0.2) is 0 Å². The summed E-state index contributed by atoms with van der Waals surface area (Å²) >= 11 is 0. The highest BCUT2D eigenvalue weighted by molar-refractivity contribution is 6.12. The number of fused-ring (bicyclic) bond motifs is 9. The van der Waals surface area contributed by atoms with Crippen molar-refractivity contribution < 1.29 is 13.6 Å². The smallest absolute Gasteiger partial charge is 0.136 e. The summed E-state index contributed by atoms with van der Waals surface area (Å²) in [5, 5.41) is 12.0. The molecule has 8 aromatic rings. The average Bonchev–Trinajstić information content (AvgIpc) is 3.88. The van der Waals surface area contributed by atoms with E-state index in [-0.39, 0.29) is 18.2 Å². The first kappa shape index (κ1) is 29.9. The van der Waals surface area contributed by atoms with Crippen molar-refractivity contribution in [3.63, 3.8) is 0 Å². The summed E-state index contributed by atoms with van der Waals surface area (Å²) < 4.78 is 19.2. The van der Waals surface area contributed by atoms with Crippen LogP contribution in [-0.2, 0) is 6.54 Å². The van der Waals surface area contributed by atoms with Crippen LogP contribution in [0.15, 0.2) is 166 Å². The number of allylic oxidation sites excluding steroid dienone is 2. The van der Waals surface area contributed by atoms with E-state index in [4.69, 9.17) is 19.3 Å². The lowest BCUT2D eigenvalue weighted by atomic mass is 9.84. The van der Waals surface area contributed by atoms with Crippen LogP contribution in [0.2, 0.25) is 0 Å². The van der Waals surface area contributed by atoms with Gasteiger partial charge in [-0.15, -0.1) is 0 Å². The molecule has 248 valence electrons. The van der Waals surface area contributed by atoms with Crippen molar-refractivity contribution in [1.29, 1.82) is 0 Å². The number of nitrogens with two attached hydrogens (primary N) is 1. The van der Waals surface area contributed by atoms with Gasteiger partial charge in [0.05, 0.1) is 12.3 Å². The fourth-order valence-electron chi connectivity index (χ4n) is 8.01. The molecule has 4 N–H and O–H groups in total. The maximum absolute atomic E-state index is 6.84. The quantitative estimate of drug-likeness (QED) is 0.140. The van der Waals surface area contributed by atoms with Gasteiger partial charge in [0.15, 0.2) is 0 Å². The SMILES string of the molecule is NC(NC(NCc1cccc2oc3ccccc3c12)C1=CC=CC2c3cc(-c4cccc5oc6ccccc6c45)ccc3OC12)c1ccccc1. The predicted octanol–water partition coefficient (Wildman–Crippen LogP) is 9.86. The fourth-order valence-corrected chi connectivity index (χ4v) is 8.01. The van der Waals surface area contributed by atoms with Gasteiger partial charge in [0, 0.05) is 45.1 Å². The molecule has 0 amide bonds. The van der Waals surface area contributed by atoms with Gasteiger partial charge in [-0.2, -0.15) is 0 Å². The van der Waals surface area contributed by atoms with E-state index in [9.17, 15) is 0 Å². The minimum absolute atomic E-state index is 0.0422. The summed E-state index contributed by atoms with van der Waals surface area (Å²) in [5.41, 5.74) is 17.1. The number of nitrogens with one attached hydrogen (secondary N) is 2. The van der Waals surface area contributed by atoms with Gasteiger partial charge in [-0.1, -0.05) is 115 Å². The van der Waals surface area contributed by atoms with Gasteiger partial charge >= 0.3 is 0 Å². The molecule has 0 saturated heterocycles. The molecule has 6 heteroatoms. The molecule has 10 rings (SSSR count). The summed E-state index contributed by atoms with van der Waals surface area (Å²) in [6.45, 7) is 0.595. The largest absolute Gasteiger partial charge is 0.485 e. The average molecular weight is 666 g/mol. The second-order valence-corrected chi connectivity index (χ2v) is 13.4. The maximum atomic E-state index is 6.84. The summed E-state index contributed by atoms with van der Waals surface area (Å²) in [6.07, 6.45) is 5.68. The van der Waals surface area contributed by atoms with Crippen molar-refractivity contribution in [2.45, 2.75) is 30.9 Å². The first-order chi connectivity index (χ1) is 25.2. The molecular weight excluding hydrogens is 631 g/mol. The Hall–Kier alpha value is -5.92. The van der Waals surface area contributed by atoms with E-state index >= 15 is 0 Å². The molecule has 0 saturated carbocycles. The van der Waals surface area contributed by atoms with Gasteiger partial charge in [-0.05, 0) is 58.7 Å². The Bertz CT molecular complexity index is 2650. The van der Waals surface area contributed by atoms with Crippen LogP contribution in [0.5, 0.6) is 5.75 Å². The van der Waals surface area contributed by atoms with Crippen LogP contribution in [-0.4, -0.2) is 12.3 Å². The molecule has 0 bridgehead atoms. The van der Waals surface area contributed by atoms with E-state index in [0.717, 1.165) is 77.5 Å². The van der Waals surface area contributed by atoms with Crippen LogP contribution in [0.3, 0.4) is 0 Å². The summed E-state index contributed by atoms with van der Waals surface area (Å²) in [6, 6.07) is 45.7. The third kappa shape index (κ3) is 5.07. The van der Waals surface area contributed by atoms with Crippen LogP contribution in [0, 0.1) is 0 Å². The molecule has 2 aromatic heterocycles. The minimum atomic E-state index is -0.403. The Morgan fingerprint density at radius 3 is 2.16 bits per heavy atom. The molecule has 2 aliphatic rings. The fraction of sp³-hybridized carbons (Fsp3) is 0.111. The molecule has 0 radical (unpaired) electrons. The van der Waals surface area contributed by atoms with E-state index < -0.39 is 6.17 Å². The minimum Gasteiger partial charge on any atom is -0.485 e. The van der Waals surface area contributed by atoms with Crippen molar-refractivity contribution in [3.05, 3.63) is 174 Å². The van der Waals surface area contributed by atoms with Gasteiger partial charge < -0.3 is 19.3 Å². The Kier molecular flexibility index (Phi) is 7.13. The van der Waals surface area contributed by atoms with Gasteiger partial charge in [0.1, 0.15) is 34.2 Å². The number of para-hydroxylation sites is 2. The first-order valence-corrected chi connectivity index (χ1v) is 17.5. The lowest BCUT2D eigenvalue weighted by molar-refractivity contribution is 0.231. The topological polar surface area (TPSA) is 85.6 Å². The highest BCUT2D eigenvalue weighted by Crippen LogP contribution is 2.47. The zero-order valence-electron chi connectivity index (χ0n) is 27.8. The molecule has 0 spiro atoms. The van der Waals surface area contributed by atoms with Crippen molar-refractivity contribution in [1.82, 2.24) is 10.6 Å². The number of hydrogen-bond donors (Lipinski definition) is 3. The molecule has 1 aliphatic carbocycles. The van der Waals surface area contributed by atoms with Crippen LogP contribution < -0.4 is 21.1 Å². The summed E-state index contributed by atoms with van der Waals surface area (Å²) in [7, 11) is 0.